The average molecular weight is 324 g/mol. The molecule has 0 radical (unpaired) electrons. The summed E-state index contributed by atoms with van der Waals surface area (Å²) in [6.45, 7) is 0.772. The molecular formula is C15H18BrNO2. The van der Waals surface area contributed by atoms with E-state index in [2.05, 4.69) is 21.2 Å². The van der Waals surface area contributed by atoms with Gasteiger partial charge >= 0.3 is 0 Å². The summed E-state index contributed by atoms with van der Waals surface area (Å²) in [6, 6.07) is 7.91. The van der Waals surface area contributed by atoms with Gasteiger partial charge in [0.2, 0.25) is 0 Å². The molecule has 1 aromatic carbocycles. The number of halogens is 1. The first kappa shape index (κ1) is 13.1. The highest BCUT2D eigenvalue weighted by atomic mass is 79.9. The molecule has 3 nitrogen and oxygen atoms in total. The van der Waals surface area contributed by atoms with Gasteiger partial charge in [-0.25, -0.2) is 0 Å². The first-order valence-electron chi connectivity index (χ1n) is 6.85. The highest BCUT2D eigenvalue weighted by Crippen LogP contribution is 2.38. The van der Waals surface area contributed by atoms with Crippen molar-refractivity contribution < 1.29 is 9.53 Å². The molecule has 1 heterocycles. The number of rotatable bonds is 4. The molecule has 2 aliphatic rings. The zero-order valence-electron chi connectivity index (χ0n) is 10.8. The minimum absolute atomic E-state index is 0.0160. The van der Waals surface area contributed by atoms with Crippen LogP contribution in [0.25, 0.3) is 0 Å². The fourth-order valence-corrected chi connectivity index (χ4v) is 3.03. The van der Waals surface area contributed by atoms with E-state index in [1.165, 1.54) is 18.4 Å². The van der Waals surface area contributed by atoms with Crippen LogP contribution in [-0.2, 0) is 10.1 Å². The first-order valence-corrected chi connectivity index (χ1v) is 7.97. The Hall–Kier alpha value is -0.870. The van der Waals surface area contributed by atoms with Gasteiger partial charge in [0, 0.05) is 17.5 Å². The molecule has 3 rings (SSSR count). The van der Waals surface area contributed by atoms with E-state index in [9.17, 15) is 4.79 Å². The van der Waals surface area contributed by atoms with Gasteiger partial charge in [0.05, 0.1) is 12.1 Å². The Morgan fingerprint density at radius 1 is 1.26 bits per heavy atom. The Morgan fingerprint density at radius 3 is 2.63 bits per heavy atom. The SMILES string of the molecule is O=C(NC1CCOC1C1CC1)c1ccc(CBr)cc1. The fraction of sp³-hybridized carbons (Fsp3) is 0.533. The minimum Gasteiger partial charge on any atom is -0.376 e. The van der Waals surface area contributed by atoms with Gasteiger partial charge in [0.25, 0.3) is 5.91 Å². The number of hydrogen-bond donors (Lipinski definition) is 1. The fourth-order valence-electron chi connectivity index (χ4n) is 2.65. The number of carbonyl (C=O) groups excluding carboxylic acids is 1. The lowest BCUT2D eigenvalue weighted by molar-refractivity contribution is 0.0729. The van der Waals surface area contributed by atoms with Crippen LogP contribution in [0.15, 0.2) is 24.3 Å². The Bertz CT molecular complexity index is 456. The van der Waals surface area contributed by atoms with Crippen LogP contribution >= 0.6 is 15.9 Å². The standard InChI is InChI=1S/C15H18BrNO2/c16-9-10-1-3-12(4-2-10)15(18)17-13-7-8-19-14(13)11-5-6-11/h1-4,11,13-14H,5-9H2,(H,17,18). The van der Waals surface area contributed by atoms with Gasteiger partial charge in [-0.2, -0.15) is 0 Å². The van der Waals surface area contributed by atoms with Crippen LogP contribution in [0.1, 0.15) is 35.2 Å². The molecule has 0 bridgehead atoms. The van der Waals surface area contributed by atoms with Crippen molar-refractivity contribution in [1.82, 2.24) is 5.32 Å². The van der Waals surface area contributed by atoms with Crippen LogP contribution in [-0.4, -0.2) is 24.7 Å². The van der Waals surface area contributed by atoms with Crippen LogP contribution in [0, 0.1) is 5.92 Å². The minimum atomic E-state index is 0.0160. The Morgan fingerprint density at radius 2 is 2.00 bits per heavy atom. The molecule has 1 amide bonds. The van der Waals surface area contributed by atoms with Gasteiger partial charge in [-0.3, -0.25) is 4.79 Å². The van der Waals surface area contributed by atoms with E-state index < -0.39 is 0 Å². The molecule has 0 aromatic heterocycles. The summed E-state index contributed by atoms with van der Waals surface area (Å²) in [5.74, 6) is 0.686. The number of amides is 1. The molecule has 2 fully saturated rings. The third kappa shape index (κ3) is 3.00. The lowest BCUT2D eigenvalue weighted by Crippen LogP contribution is -2.41. The van der Waals surface area contributed by atoms with Crippen molar-refractivity contribution in [2.75, 3.05) is 6.61 Å². The maximum atomic E-state index is 12.2. The lowest BCUT2D eigenvalue weighted by Gasteiger charge is -2.19. The summed E-state index contributed by atoms with van der Waals surface area (Å²) in [5.41, 5.74) is 1.91. The zero-order chi connectivity index (χ0) is 13.2. The normalized spacial score (nSPS) is 26.4. The number of benzene rings is 1. The second kappa shape index (κ2) is 5.63. The van der Waals surface area contributed by atoms with Crippen LogP contribution in [0.5, 0.6) is 0 Å². The van der Waals surface area contributed by atoms with Crippen LogP contribution in [0.2, 0.25) is 0 Å². The molecule has 1 aliphatic carbocycles. The predicted octanol–water partition coefficient (Wildman–Crippen LogP) is 2.88. The van der Waals surface area contributed by atoms with E-state index in [-0.39, 0.29) is 18.1 Å². The summed E-state index contributed by atoms with van der Waals surface area (Å²) in [5, 5.41) is 3.94. The molecule has 19 heavy (non-hydrogen) atoms. The second-order valence-corrected chi connectivity index (χ2v) is 5.93. The smallest absolute Gasteiger partial charge is 0.251 e. The van der Waals surface area contributed by atoms with Gasteiger partial charge in [0.15, 0.2) is 0 Å². The Kier molecular flexibility index (Phi) is 3.89. The van der Waals surface area contributed by atoms with Gasteiger partial charge in [-0.15, -0.1) is 0 Å². The van der Waals surface area contributed by atoms with Crippen molar-refractivity contribution in [2.24, 2.45) is 5.92 Å². The Labute approximate surface area is 121 Å². The van der Waals surface area contributed by atoms with E-state index >= 15 is 0 Å². The molecule has 102 valence electrons. The number of hydrogen-bond acceptors (Lipinski definition) is 2. The van der Waals surface area contributed by atoms with Gasteiger partial charge in [0.1, 0.15) is 0 Å². The van der Waals surface area contributed by atoms with Crippen LogP contribution in [0.4, 0.5) is 0 Å². The molecular weight excluding hydrogens is 306 g/mol. The topological polar surface area (TPSA) is 38.3 Å². The number of carbonyl (C=O) groups is 1. The highest BCUT2D eigenvalue weighted by molar-refractivity contribution is 9.08. The maximum absolute atomic E-state index is 12.2. The quantitative estimate of drug-likeness (QED) is 0.865. The second-order valence-electron chi connectivity index (χ2n) is 5.37. The van der Waals surface area contributed by atoms with Gasteiger partial charge in [-0.05, 0) is 42.9 Å². The zero-order valence-corrected chi connectivity index (χ0v) is 12.4. The first-order chi connectivity index (χ1) is 9.28. The van der Waals surface area contributed by atoms with Crippen LogP contribution < -0.4 is 5.32 Å². The average Bonchev–Trinajstić information content (AvgIpc) is 3.19. The molecule has 1 N–H and O–H groups in total. The molecule has 1 saturated heterocycles. The van der Waals surface area contributed by atoms with Crippen molar-refractivity contribution >= 4 is 21.8 Å². The number of nitrogens with one attached hydrogen (secondary N) is 1. The van der Waals surface area contributed by atoms with E-state index in [1.54, 1.807) is 0 Å². The van der Waals surface area contributed by atoms with Gasteiger partial charge < -0.3 is 10.1 Å². The molecule has 2 atom stereocenters. The van der Waals surface area contributed by atoms with Gasteiger partial charge in [-0.1, -0.05) is 28.1 Å². The third-order valence-corrected chi connectivity index (χ3v) is 4.56. The van der Waals surface area contributed by atoms with Crippen molar-refractivity contribution in [3.8, 4) is 0 Å². The largest absolute Gasteiger partial charge is 0.376 e. The van der Waals surface area contributed by atoms with Crippen molar-refractivity contribution in [3.63, 3.8) is 0 Å². The van der Waals surface area contributed by atoms with E-state index in [4.69, 9.17) is 4.74 Å². The van der Waals surface area contributed by atoms with Crippen molar-refractivity contribution in [2.45, 2.75) is 36.7 Å². The van der Waals surface area contributed by atoms with E-state index in [0.717, 1.165) is 23.9 Å². The Balaban J connectivity index is 1.63. The summed E-state index contributed by atoms with van der Waals surface area (Å²) >= 11 is 3.40. The predicted molar refractivity (Wildman–Crippen MR) is 77.4 cm³/mol. The maximum Gasteiger partial charge on any atom is 0.251 e. The lowest BCUT2D eigenvalue weighted by atomic mass is 10.1. The molecule has 4 heteroatoms. The molecule has 1 saturated carbocycles. The summed E-state index contributed by atoms with van der Waals surface area (Å²) in [4.78, 5) is 12.2. The van der Waals surface area contributed by atoms with Crippen molar-refractivity contribution in [1.29, 1.82) is 0 Å². The number of ether oxygens (including phenoxy) is 1. The monoisotopic (exact) mass is 323 g/mol. The molecule has 1 aliphatic heterocycles. The number of alkyl halides is 1. The third-order valence-electron chi connectivity index (χ3n) is 3.91. The van der Waals surface area contributed by atoms with E-state index in [0.29, 0.717) is 5.92 Å². The molecule has 2 unspecified atom stereocenters. The summed E-state index contributed by atoms with van der Waals surface area (Å²) < 4.78 is 5.74. The van der Waals surface area contributed by atoms with Crippen LogP contribution in [0.3, 0.4) is 0 Å². The highest BCUT2D eigenvalue weighted by Gasteiger charge is 2.41. The summed E-state index contributed by atoms with van der Waals surface area (Å²) in [7, 11) is 0. The molecule has 1 aromatic rings. The summed E-state index contributed by atoms with van der Waals surface area (Å²) in [6.07, 6.45) is 3.67. The van der Waals surface area contributed by atoms with Crippen molar-refractivity contribution in [3.05, 3.63) is 35.4 Å². The molecule has 0 spiro atoms. The van der Waals surface area contributed by atoms with E-state index in [1.807, 2.05) is 24.3 Å².